The fraction of sp³-hybridized carbons (Fsp3) is 0.609. The highest BCUT2D eigenvalue weighted by Crippen LogP contribution is 2.28. The maximum atomic E-state index is 12.4. The zero-order valence-corrected chi connectivity index (χ0v) is 19.8. The summed E-state index contributed by atoms with van der Waals surface area (Å²) in [6.45, 7) is 3.07. The molecule has 1 saturated carbocycles. The van der Waals surface area contributed by atoms with Crippen LogP contribution in [0.5, 0.6) is 5.75 Å². The van der Waals surface area contributed by atoms with Gasteiger partial charge in [-0.3, -0.25) is 4.79 Å². The van der Waals surface area contributed by atoms with Crippen LogP contribution in [-0.2, 0) is 27.9 Å². The molecule has 2 aromatic rings. The van der Waals surface area contributed by atoms with Crippen LogP contribution in [-0.4, -0.2) is 75.0 Å². The van der Waals surface area contributed by atoms with Crippen molar-refractivity contribution in [2.24, 2.45) is 18.9 Å². The third-order valence-corrected chi connectivity index (χ3v) is 6.44. The number of aliphatic carboxylic acids is 1. The van der Waals surface area contributed by atoms with Gasteiger partial charge in [-0.05, 0) is 37.8 Å². The van der Waals surface area contributed by atoms with Gasteiger partial charge >= 0.3 is 12.1 Å². The van der Waals surface area contributed by atoms with Gasteiger partial charge in [0.2, 0.25) is 0 Å². The Balaban J connectivity index is 1.41. The Morgan fingerprint density at radius 1 is 1.29 bits per heavy atom. The summed E-state index contributed by atoms with van der Waals surface area (Å²) in [5.41, 5.74) is 2.37. The lowest BCUT2D eigenvalue weighted by molar-refractivity contribution is -0.149. The number of amides is 1. The molecule has 1 aliphatic carbocycles. The van der Waals surface area contributed by atoms with Crippen molar-refractivity contribution in [1.82, 2.24) is 24.9 Å². The lowest BCUT2D eigenvalue weighted by atomic mass is 9.85. The number of pyridine rings is 1. The molecular formula is C23H31N5O6. The predicted molar refractivity (Wildman–Crippen MR) is 120 cm³/mol. The molecule has 0 spiro atoms. The number of hydrogen-bond donors (Lipinski definition) is 1. The molecule has 4 rings (SSSR count). The first kappa shape index (κ1) is 23.9. The van der Waals surface area contributed by atoms with Crippen LogP contribution in [0.1, 0.15) is 37.1 Å². The van der Waals surface area contributed by atoms with Crippen LogP contribution in [0.4, 0.5) is 4.79 Å². The maximum Gasteiger partial charge on any atom is 0.409 e. The lowest BCUT2D eigenvalue weighted by Gasteiger charge is -2.29. The number of aryl methyl sites for hydroxylation is 2. The van der Waals surface area contributed by atoms with E-state index < -0.39 is 11.9 Å². The maximum absolute atomic E-state index is 12.4. The Labute approximate surface area is 198 Å². The van der Waals surface area contributed by atoms with Gasteiger partial charge in [-0.2, -0.15) is 0 Å². The number of carbonyl (C=O) groups excluding carboxylic acids is 1. The van der Waals surface area contributed by atoms with Gasteiger partial charge in [-0.1, -0.05) is 11.6 Å². The van der Waals surface area contributed by atoms with E-state index in [9.17, 15) is 14.7 Å². The minimum Gasteiger partial charge on any atom is -0.486 e. The van der Waals surface area contributed by atoms with E-state index in [0.717, 1.165) is 12.8 Å². The standard InChI is InChI=1S/C23H31N5O6/c1-14-20(34-17-9-16(22(29)30)11-32-12-17)8-7-18(24-14)21-19(28(3)26-25-21)13-33-23(31)27(2)10-15-5-4-6-15/h7-8,15-17H,4-6,9-13H2,1-3H3,(H,29,30)/t16-,17+/m0/s1. The lowest BCUT2D eigenvalue weighted by Crippen LogP contribution is -2.37. The summed E-state index contributed by atoms with van der Waals surface area (Å²) >= 11 is 0. The summed E-state index contributed by atoms with van der Waals surface area (Å²) in [5, 5.41) is 17.5. The monoisotopic (exact) mass is 473 g/mol. The first-order valence-electron chi connectivity index (χ1n) is 11.5. The molecular weight excluding hydrogens is 442 g/mol. The number of aromatic nitrogens is 4. The quantitative estimate of drug-likeness (QED) is 0.614. The van der Waals surface area contributed by atoms with Crippen molar-refractivity contribution < 1.29 is 28.9 Å². The molecule has 2 aromatic heterocycles. The number of rotatable bonds is 8. The van der Waals surface area contributed by atoms with Crippen LogP contribution >= 0.6 is 0 Å². The number of nitrogens with zero attached hydrogens (tertiary/aromatic N) is 5. The molecule has 1 aliphatic heterocycles. The minimum absolute atomic E-state index is 0.0294. The third-order valence-electron chi connectivity index (χ3n) is 6.44. The topological polar surface area (TPSA) is 129 Å². The van der Waals surface area contributed by atoms with Crippen LogP contribution in [0.15, 0.2) is 12.1 Å². The van der Waals surface area contributed by atoms with E-state index in [2.05, 4.69) is 15.3 Å². The molecule has 0 aromatic carbocycles. The summed E-state index contributed by atoms with van der Waals surface area (Å²) in [6, 6.07) is 3.54. The van der Waals surface area contributed by atoms with E-state index in [1.165, 1.54) is 6.42 Å². The Hall–Kier alpha value is -3.21. The average molecular weight is 474 g/mol. The zero-order valence-electron chi connectivity index (χ0n) is 19.8. The second-order valence-electron chi connectivity index (χ2n) is 9.07. The molecule has 0 bridgehead atoms. The number of carboxylic acids is 1. The Kier molecular flexibility index (Phi) is 7.30. The fourth-order valence-corrected chi connectivity index (χ4v) is 4.15. The van der Waals surface area contributed by atoms with Crippen molar-refractivity contribution in [2.45, 2.75) is 45.3 Å². The fourth-order valence-electron chi connectivity index (χ4n) is 4.15. The van der Waals surface area contributed by atoms with Gasteiger partial charge in [0.15, 0.2) is 0 Å². The van der Waals surface area contributed by atoms with Gasteiger partial charge < -0.3 is 24.2 Å². The van der Waals surface area contributed by atoms with Gasteiger partial charge in [0.1, 0.15) is 29.8 Å². The number of hydrogen-bond acceptors (Lipinski definition) is 8. The Morgan fingerprint density at radius 3 is 2.76 bits per heavy atom. The number of carboxylic acid groups (broad SMARTS) is 1. The summed E-state index contributed by atoms with van der Waals surface area (Å²) in [5.74, 6) is -0.347. The molecule has 0 radical (unpaired) electrons. The molecule has 1 N–H and O–H groups in total. The predicted octanol–water partition coefficient (Wildman–Crippen LogP) is 2.42. The molecule has 1 saturated heterocycles. The molecule has 184 valence electrons. The van der Waals surface area contributed by atoms with Crippen molar-refractivity contribution in [3.63, 3.8) is 0 Å². The van der Waals surface area contributed by atoms with E-state index in [4.69, 9.17) is 14.2 Å². The molecule has 1 amide bonds. The second-order valence-corrected chi connectivity index (χ2v) is 9.07. The first-order valence-corrected chi connectivity index (χ1v) is 11.5. The largest absolute Gasteiger partial charge is 0.486 e. The van der Waals surface area contributed by atoms with Crippen molar-refractivity contribution in [1.29, 1.82) is 0 Å². The number of carbonyl (C=O) groups is 2. The van der Waals surface area contributed by atoms with E-state index in [1.807, 2.05) is 6.92 Å². The van der Waals surface area contributed by atoms with Gasteiger partial charge in [0.05, 0.1) is 30.5 Å². The van der Waals surface area contributed by atoms with Crippen LogP contribution in [0.25, 0.3) is 11.4 Å². The van der Waals surface area contributed by atoms with Gasteiger partial charge in [-0.15, -0.1) is 5.10 Å². The SMILES string of the molecule is Cc1nc(-c2nnn(C)c2COC(=O)N(C)CC2CCC2)ccc1O[C@H]1COC[C@@H](C(=O)O)C1. The second kappa shape index (κ2) is 10.4. The zero-order chi connectivity index (χ0) is 24.2. The molecule has 11 nitrogen and oxygen atoms in total. The molecule has 0 unspecified atom stereocenters. The summed E-state index contributed by atoms with van der Waals surface area (Å²) in [7, 11) is 3.49. The van der Waals surface area contributed by atoms with Gasteiger partial charge in [-0.25, -0.2) is 14.5 Å². The summed E-state index contributed by atoms with van der Waals surface area (Å²) < 4.78 is 18.4. The normalized spacial score (nSPS) is 20.4. The molecule has 2 fully saturated rings. The number of ether oxygens (including phenoxy) is 3. The van der Waals surface area contributed by atoms with Gasteiger partial charge in [0.25, 0.3) is 0 Å². The Morgan fingerprint density at radius 2 is 2.09 bits per heavy atom. The third kappa shape index (κ3) is 5.46. The summed E-state index contributed by atoms with van der Waals surface area (Å²) in [6.07, 6.45) is 3.19. The summed E-state index contributed by atoms with van der Waals surface area (Å²) in [4.78, 5) is 29.9. The average Bonchev–Trinajstić information content (AvgIpc) is 3.16. The highest BCUT2D eigenvalue weighted by atomic mass is 16.6. The molecule has 2 aliphatic rings. The minimum atomic E-state index is -0.886. The van der Waals surface area contributed by atoms with Crippen molar-refractivity contribution in [2.75, 3.05) is 26.8 Å². The van der Waals surface area contributed by atoms with Crippen LogP contribution in [0, 0.1) is 18.8 Å². The van der Waals surface area contributed by atoms with Crippen LogP contribution in [0.2, 0.25) is 0 Å². The van der Waals surface area contributed by atoms with E-state index in [1.54, 1.807) is 35.8 Å². The van der Waals surface area contributed by atoms with Crippen molar-refractivity contribution in [3.8, 4) is 17.1 Å². The van der Waals surface area contributed by atoms with Crippen LogP contribution in [0.3, 0.4) is 0 Å². The van der Waals surface area contributed by atoms with Crippen LogP contribution < -0.4 is 4.74 Å². The highest BCUT2D eigenvalue weighted by Gasteiger charge is 2.29. The molecule has 34 heavy (non-hydrogen) atoms. The first-order chi connectivity index (χ1) is 16.3. The van der Waals surface area contributed by atoms with Gasteiger partial charge in [0, 0.05) is 27.1 Å². The highest BCUT2D eigenvalue weighted by molar-refractivity contribution is 5.70. The molecule has 2 atom stereocenters. The van der Waals surface area contributed by atoms with E-state index >= 15 is 0 Å². The van der Waals surface area contributed by atoms with E-state index in [-0.39, 0.29) is 25.4 Å². The smallest absolute Gasteiger partial charge is 0.409 e. The van der Waals surface area contributed by atoms with Crippen molar-refractivity contribution >= 4 is 12.1 Å². The van der Waals surface area contributed by atoms with Crippen molar-refractivity contribution in [3.05, 3.63) is 23.5 Å². The van der Waals surface area contributed by atoms with E-state index in [0.29, 0.717) is 54.0 Å². The molecule has 11 heteroatoms. The molecule has 3 heterocycles. The Bertz CT molecular complexity index is 1040.